The van der Waals surface area contributed by atoms with Crippen molar-refractivity contribution in [1.29, 1.82) is 0 Å². The second-order valence-electron chi connectivity index (χ2n) is 12.6. The third-order valence-electron chi connectivity index (χ3n) is 10.7. The first-order valence-electron chi connectivity index (χ1n) is 13.1. The quantitative estimate of drug-likeness (QED) is 0.451. The summed E-state index contributed by atoms with van der Waals surface area (Å²) >= 11 is 0. The smallest absolute Gasteiger partial charge is 0.306 e. The number of hydrogen-bond acceptors (Lipinski definition) is 1. The molecule has 3 fully saturated rings. The van der Waals surface area contributed by atoms with E-state index in [2.05, 4.69) is 40.7 Å². The molecule has 0 heterocycles. The summed E-state index contributed by atoms with van der Waals surface area (Å²) in [6.07, 6.45) is 16.4. The van der Waals surface area contributed by atoms with Crippen molar-refractivity contribution < 1.29 is 9.90 Å². The van der Waals surface area contributed by atoms with Crippen molar-refractivity contribution in [2.24, 2.45) is 52.3 Å². The Kier molecular flexibility index (Phi) is 6.19. The van der Waals surface area contributed by atoms with Gasteiger partial charge in [-0.1, -0.05) is 65.5 Å². The first-order chi connectivity index (χ1) is 14.2. The Labute approximate surface area is 185 Å². The number of carbonyl (C=O) groups is 1. The van der Waals surface area contributed by atoms with E-state index in [0.717, 1.165) is 54.8 Å². The molecule has 8 atom stereocenters. The van der Waals surface area contributed by atoms with E-state index in [4.69, 9.17) is 0 Å². The van der Waals surface area contributed by atoms with Crippen LogP contribution < -0.4 is 0 Å². The van der Waals surface area contributed by atoms with Crippen LogP contribution in [0.4, 0.5) is 0 Å². The Bertz CT molecular complexity index is 678. The summed E-state index contributed by atoms with van der Waals surface area (Å²) in [6.45, 7) is 12.4. The molecule has 170 valence electrons. The van der Waals surface area contributed by atoms with Crippen molar-refractivity contribution in [3.8, 4) is 0 Å². The van der Waals surface area contributed by atoms with Gasteiger partial charge < -0.3 is 5.11 Å². The second-order valence-corrected chi connectivity index (χ2v) is 12.6. The van der Waals surface area contributed by atoms with Gasteiger partial charge in [0.2, 0.25) is 0 Å². The first kappa shape index (κ1) is 22.4. The highest BCUT2D eigenvalue weighted by molar-refractivity contribution is 5.70. The summed E-state index contributed by atoms with van der Waals surface area (Å²) in [7, 11) is 0. The molecule has 4 aliphatic carbocycles. The number of fused-ring (bicyclic) bond motifs is 5. The van der Waals surface area contributed by atoms with Crippen LogP contribution in [0.5, 0.6) is 0 Å². The van der Waals surface area contributed by atoms with Gasteiger partial charge in [0.05, 0.1) is 5.92 Å². The van der Waals surface area contributed by atoms with E-state index in [1.807, 2.05) is 0 Å². The Morgan fingerprint density at radius 3 is 2.53 bits per heavy atom. The average molecular weight is 415 g/mol. The highest BCUT2D eigenvalue weighted by Crippen LogP contribution is 2.67. The van der Waals surface area contributed by atoms with Crippen LogP contribution in [-0.4, -0.2) is 11.1 Å². The van der Waals surface area contributed by atoms with Gasteiger partial charge in [-0.25, -0.2) is 0 Å². The van der Waals surface area contributed by atoms with Crippen LogP contribution in [0, 0.1) is 52.3 Å². The van der Waals surface area contributed by atoms with Crippen molar-refractivity contribution in [2.45, 2.75) is 105 Å². The predicted molar refractivity (Wildman–Crippen MR) is 124 cm³/mol. The number of carboxylic acids is 1. The number of hydrogen-bond donors (Lipinski definition) is 1. The molecule has 0 aromatic heterocycles. The predicted octanol–water partition coefficient (Wildman–Crippen LogP) is 7.73. The number of aliphatic carboxylic acids is 1. The molecule has 0 spiro atoms. The van der Waals surface area contributed by atoms with Crippen molar-refractivity contribution in [2.75, 3.05) is 0 Å². The topological polar surface area (TPSA) is 37.3 Å². The maximum absolute atomic E-state index is 11.6. The fourth-order valence-electron chi connectivity index (χ4n) is 8.90. The zero-order valence-electron chi connectivity index (χ0n) is 20.3. The molecular formula is C28H46O2. The monoisotopic (exact) mass is 414 g/mol. The maximum Gasteiger partial charge on any atom is 0.306 e. The molecule has 0 aliphatic heterocycles. The Morgan fingerprint density at radius 1 is 1.07 bits per heavy atom. The van der Waals surface area contributed by atoms with E-state index >= 15 is 0 Å². The zero-order valence-corrected chi connectivity index (χ0v) is 20.3. The van der Waals surface area contributed by atoms with Gasteiger partial charge in [0.15, 0.2) is 0 Å². The molecule has 0 amide bonds. The molecule has 0 bridgehead atoms. The normalized spacial score (nSPS) is 44.1. The molecule has 0 unspecified atom stereocenters. The Hall–Kier alpha value is -0.790. The van der Waals surface area contributed by atoms with E-state index in [9.17, 15) is 9.90 Å². The van der Waals surface area contributed by atoms with Gasteiger partial charge in [0.1, 0.15) is 0 Å². The van der Waals surface area contributed by atoms with Crippen LogP contribution in [-0.2, 0) is 4.79 Å². The molecule has 4 rings (SSSR count). The third-order valence-corrected chi connectivity index (χ3v) is 10.7. The minimum absolute atomic E-state index is 0.141. The number of allylic oxidation sites excluding steroid dienone is 2. The molecule has 3 saturated carbocycles. The minimum Gasteiger partial charge on any atom is -0.481 e. The van der Waals surface area contributed by atoms with E-state index in [0.29, 0.717) is 5.41 Å². The Balaban J connectivity index is 1.49. The van der Waals surface area contributed by atoms with Crippen molar-refractivity contribution in [3.05, 3.63) is 11.6 Å². The van der Waals surface area contributed by atoms with Crippen LogP contribution in [0.25, 0.3) is 0 Å². The molecule has 0 radical (unpaired) electrons. The second kappa shape index (κ2) is 8.28. The van der Waals surface area contributed by atoms with E-state index < -0.39 is 5.97 Å². The summed E-state index contributed by atoms with van der Waals surface area (Å²) in [4.78, 5) is 11.6. The summed E-state index contributed by atoms with van der Waals surface area (Å²) in [6, 6.07) is 0. The van der Waals surface area contributed by atoms with Gasteiger partial charge in [-0.3, -0.25) is 4.79 Å². The highest BCUT2D eigenvalue weighted by Gasteiger charge is 2.59. The van der Waals surface area contributed by atoms with Gasteiger partial charge in [0, 0.05) is 0 Å². The van der Waals surface area contributed by atoms with Gasteiger partial charge >= 0.3 is 5.97 Å². The van der Waals surface area contributed by atoms with Gasteiger partial charge in [-0.2, -0.15) is 0 Å². The molecule has 0 aromatic carbocycles. The molecule has 4 aliphatic rings. The fourth-order valence-corrected chi connectivity index (χ4v) is 8.90. The molecule has 2 heteroatoms. The molecule has 30 heavy (non-hydrogen) atoms. The van der Waals surface area contributed by atoms with Crippen LogP contribution in [0.15, 0.2) is 11.6 Å². The fraction of sp³-hybridized carbons (Fsp3) is 0.893. The van der Waals surface area contributed by atoms with Crippen molar-refractivity contribution in [3.63, 3.8) is 0 Å². The third kappa shape index (κ3) is 3.69. The lowest BCUT2D eigenvalue weighted by Crippen LogP contribution is -2.50. The average Bonchev–Trinajstić information content (AvgIpc) is 3.04. The summed E-state index contributed by atoms with van der Waals surface area (Å²) in [5.41, 5.74) is 2.32. The van der Waals surface area contributed by atoms with Crippen molar-refractivity contribution >= 4 is 5.97 Å². The summed E-state index contributed by atoms with van der Waals surface area (Å²) in [5, 5.41) is 9.55. The van der Waals surface area contributed by atoms with Gasteiger partial charge in [-0.15, -0.1) is 0 Å². The van der Waals surface area contributed by atoms with Crippen LogP contribution >= 0.6 is 0 Å². The summed E-state index contributed by atoms with van der Waals surface area (Å²) < 4.78 is 0. The van der Waals surface area contributed by atoms with Gasteiger partial charge in [0.25, 0.3) is 0 Å². The SMILES string of the molecule is CC(C)CCC[C@H](C)[C@@H]1CC[C@@H]2[C@H]3CC=C4C[C@@H](C(=O)O)CC[C@]4(C)[C@@H]3CC[C@]21C. The zero-order chi connectivity index (χ0) is 21.7. The molecular weight excluding hydrogens is 368 g/mol. The van der Waals surface area contributed by atoms with E-state index in [1.54, 1.807) is 0 Å². The maximum atomic E-state index is 11.6. The van der Waals surface area contributed by atoms with Crippen LogP contribution in [0.1, 0.15) is 105 Å². The van der Waals surface area contributed by atoms with E-state index in [-0.39, 0.29) is 11.3 Å². The van der Waals surface area contributed by atoms with E-state index in [1.165, 1.54) is 56.9 Å². The summed E-state index contributed by atoms with van der Waals surface area (Å²) in [5.74, 6) is 4.41. The molecule has 0 aromatic rings. The van der Waals surface area contributed by atoms with Crippen LogP contribution in [0.3, 0.4) is 0 Å². The lowest BCUT2D eigenvalue weighted by atomic mass is 9.46. The van der Waals surface area contributed by atoms with Crippen LogP contribution in [0.2, 0.25) is 0 Å². The number of carboxylic acid groups (broad SMARTS) is 1. The number of rotatable bonds is 6. The largest absolute Gasteiger partial charge is 0.481 e. The standard InChI is InChI=1S/C28H46O2/c1-18(2)7-6-8-19(3)23-11-12-24-22-10-9-21-17-20(26(29)30)13-15-27(21,4)25(22)14-16-28(23,24)5/h9,18-20,22-25H,6-8,10-17H2,1-5H3,(H,29,30)/t19-,20-,22+,23-,24+,25+,27-,28-/m0/s1. The molecule has 2 nitrogen and oxygen atoms in total. The first-order valence-corrected chi connectivity index (χ1v) is 13.1. The minimum atomic E-state index is -0.582. The molecule has 1 N–H and O–H groups in total. The highest BCUT2D eigenvalue weighted by atomic mass is 16.4. The lowest BCUT2D eigenvalue weighted by Gasteiger charge is -2.58. The molecule has 0 saturated heterocycles. The van der Waals surface area contributed by atoms with Crippen molar-refractivity contribution in [1.82, 2.24) is 0 Å². The Morgan fingerprint density at radius 2 is 1.83 bits per heavy atom. The van der Waals surface area contributed by atoms with Gasteiger partial charge in [-0.05, 0) is 97.7 Å². The lowest BCUT2D eigenvalue weighted by molar-refractivity contribution is -0.143.